The van der Waals surface area contributed by atoms with Crippen molar-refractivity contribution >= 4 is 34.3 Å². The van der Waals surface area contributed by atoms with Crippen molar-refractivity contribution in [2.24, 2.45) is 5.92 Å². The fraction of sp³-hybridized carbons (Fsp3) is 0.462. The maximum atomic E-state index is 12.0. The first kappa shape index (κ1) is 13.9. The third-order valence-electron chi connectivity index (χ3n) is 3.06. The van der Waals surface area contributed by atoms with Crippen LogP contribution in [0.4, 0.5) is 11.5 Å². The van der Waals surface area contributed by atoms with Crippen molar-refractivity contribution in [3.63, 3.8) is 0 Å². The van der Waals surface area contributed by atoms with E-state index < -0.39 is 0 Å². The Balaban J connectivity index is 2.09. The first-order valence-corrected chi connectivity index (χ1v) is 7.12. The highest BCUT2D eigenvalue weighted by Crippen LogP contribution is 2.30. The summed E-state index contributed by atoms with van der Waals surface area (Å²) in [5.74, 6) is 1.30. The van der Waals surface area contributed by atoms with Crippen molar-refractivity contribution < 1.29 is 9.59 Å². The van der Waals surface area contributed by atoms with E-state index in [1.165, 1.54) is 11.8 Å². The number of nitrogens with zero attached hydrogens (tertiary/aromatic N) is 2. The second kappa shape index (κ2) is 5.61. The smallest absolute Gasteiger partial charge is 0.227 e. The predicted octanol–water partition coefficient (Wildman–Crippen LogP) is 1.60. The number of thioether (sulfide) groups is 1. The zero-order valence-electron chi connectivity index (χ0n) is 11.0. The molecule has 1 fully saturated rings. The zero-order valence-corrected chi connectivity index (χ0v) is 11.9. The maximum Gasteiger partial charge on any atom is 0.227 e. The minimum Gasteiger partial charge on any atom is -0.382 e. The number of amides is 1. The van der Waals surface area contributed by atoms with Crippen LogP contribution in [0, 0.1) is 12.8 Å². The molecule has 0 aliphatic carbocycles. The van der Waals surface area contributed by atoms with Crippen LogP contribution in [-0.4, -0.2) is 28.3 Å². The molecule has 2 heterocycles. The summed E-state index contributed by atoms with van der Waals surface area (Å²) in [5.41, 5.74) is 7.37. The summed E-state index contributed by atoms with van der Waals surface area (Å²) < 4.78 is 0. The number of hydrogen-bond acceptors (Lipinski definition) is 5. The van der Waals surface area contributed by atoms with E-state index in [0.29, 0.717) is 30.2 Å². The standard InChI is InChI=1S/C13H17N3O2S/c1-8-3-4-11(13(14)15-8)16-6-10(5-12(16)18)7-19-9(2)17/h3-4,10H,5-7H2,1-2H3,(H2,14,15). The average Bonchev–Trinajstić information content (AvgIpc) is 2.68. The van der Waals surface area contributed by atoms with Gasteiger partial charge in [-0.3, -0.25) is 9.59 Å². The average molecular weight is 279 g/mol. The highest BCUT2D eigenvalue weighted by Gasteiger charge is 2.31. The molecule has 102 valence electrons. The number of hydrogen-bond donors (Lipinski definition) is 1. The van der Waals surface area contributed by atoms with Crippen molar-refractivity contribution in [1.29, 1.82) is 0 Å². The Morgan fingerprint density at radius 2 is 2.32 bits per heavy atom. The van der Waals surface area contributed by atoms with Crippen LogP contribution in [0.1, 0.15) is 19.0 Å². The summed E-state index contributed by atoms with van der Waals surface area (Å²) in [4.78, 5) is 28.8. The van der Waals surface area contributed by atoms with Gasteiger partial charge in [0.15, 0.2) is 5.12 Å². The van der Waals surface area contributed by atoms with Gasteiger partial charge in [0.25, 0.3) is 0 Å². The summed E-state index contributed by atoms with van der Waals surface area (Å²) in [5, 5.41) is 0.0856. The lowest BCUT2D eigenvalue weighted by Crippen LogP contribution is -2.26. The lowest BCUT2D eigenvalue weighted by atomic mass is 10.1. The van der Waals surface area contributed by atoms with Gasteiger partial charge in [0.05, 0.1) is 5.69 Å². The molecule has 2 rings (SSSR count). The number of pyridine rings is 1. The summed E-state index contributed by atoms with van der Waals surface area (Å²) >= 11 is 1.27. The van der Waals surface area contributed by atoms with Gasteiger partial charge in [-0.1, -0.05) is 11.8 Å². The van der Waals surface area contributed by atoms with E-state index in [2.05, 4.69) is 4.98 Å². The van der Waals surface area contributed by atoms with E-state index in [0.717, 1.165) is 5.69 Å². The normalized spacial score (nSPS) is 18.9. The minimum absolute atomic E-state index is 0.0477. The molecule has 1 atom stereocenters. The number of aromatic nitrogens is 1. The second-order valence-electron chi connectivity index (χ2n) is 4.73. The molecule has 1 unspecified atom stereocenters. The number of carbonyl (C=O) groups is 2. The van der Waals surface area contributed by atoms with Gasteiger partial charge < -0.3 is 10.6 Å². The molecule has 1 saturated heterocycles. The van der Waals surface area contributed by atoms with E-state index in [4.69, 9.17) is 5.73 Å². The van der Waals surface area contributed by atoms with Crippen LogP contribution in [-0.2, 0) is 9.59 Å². The number of carbonyl (C=O) groups excluding carboxylic acids is 2. The Hall–Kier alpha value is -1.56. The fourth-order valence-corrected chi connectivity index (χ4v) is 2.85. The number of aryl methyl sites for hydroxylation is 1. The Labute approximate surface area is 116 Å². The third kappa shape index (κ3) is 3.26. The Kier molecular flexibility index (Phi) is 4.09. The molecule has 1 aliphatic heterocycles. The molecule has 0 spiro atoms. The number of nitrogen functional groups attached to an aromatic ring is 1. The first-order valence-electron chi connectivity index (χ1n) is 6.14. The summed E-state index contributed by atoms with van der Waals surface area (Å²) in [6, 6.07) is 3.67. The van der Waals surface area contributed by atoms with E-state index in [-0.39, 0.29) is 16.9 Å². The third-order valence-corrected chi connectivity index (χ3v) is 4.10. The van der Waals surface area contributed by atoms with Gasteiger partial charge >= 0.3 is 0 Å². The molecule has 2 N–H and O–H groups in total. The number of anilines is 2. The van der Waals surface area contributed by atoms with E-state index in [1.54, 1.807) is 11.8 Å². The number of rotatable bonds is 3. The van der Waals surface area contributed by atoms with Gasteiger partial charge in [0, 0.05) is 31.3 Å². The Morgan fingerprint density at radius 1 is 1.58 bits per heavy atom. The van der Waals surface area contributed by atoms with Gasteiger partial charge in [-0.05, 0) is 25.0 Å². The van der Waals surface area contributed by atoms with Crippen LogP contribution in [0.15, 0.2) is 12.1 Å². The van der Waals surface area contributed by atoms with Gasteiger partial charge in [-0.2, -0.15) is 0 Å². The van der Waals surface area contributed by atoms with Crippen LogP contribution in [0.5, 0.6) is 0 Å². The second-order valence-corrected chi connectivity index (χ2v) is 5.93. The molecule has 0 saturated carbocycles. The van der Waals surface area contributed by atoms with Crippen LogP contribution in [0.3, 0.4) is 0 Å². The minimum atomic E-state index is 0.0477. The lowest BCUT2D eigenvalue weighted by molar-refractivity contribution is -0.117. The van der Waals surface area contributed by atoms with E-state index >= 15 is 0 Å². The van der Waals surface area contributed by atoms with Crippen LogP contribution < -0.4 is 10.6 Å². The molecule has 0 bridgehead atoms. The zero-order chi connectivity index (χ0) is 14.0. The predicted molar refractivity (Wildman–Crippen MR) is 77.0 cm³/mol. The van der Waals surface area contributed by atoms with Crippen molar-refractivity contribution in [1.82, 2.24) is 4.98 Å². The number of nitrogens with two attached hydrogens (primary N) is 1. The topological polar surface area (TPSA) is 76.3 Å². The highest BCUT2D eigenvalue weighted by molar-refractivity contribution is 8.13. The monoisotopic (exact) mass is 279 g/mol. The summed E-state index contributed by atoms with van der Waals surface area (Å²) in [6.07, 6.45) is 0.466. The van der Waals surface area contributed by atoms with Crippen LogP contribution in [0.25, 0.3) is 0 Å². The van der Waals surface area contributed by atoms with E-state index in [9.17, 15) is 9.59 Å². The van der Waals surface area contributed by atoms with Crippen molar-refractivity contribution in [2.45, 2.75) is 20.3 Å². The lowest BCUT2D eigenvalue weighted by Gasteiger charge is -2.18. The molecule has 1 amide bonds. The van der Waals surface area contributed by atoms with Gasteiger partial charge in [0.2, 0.25) is 5.91 Å². The summed E-state index contributed by atoms with van der Waals surface area (Å²) in [7, 11) is 0. The highest BCUT2D eigenvalue weighted by atomic mass is 32.2. The fourth-order valence-electron chi connectivity index (χ4n) is 2.16. The maximum absolute atomic E-state index is 12.0. The molecule has 1 aliphatic rings. The molecule has 1 aromatic rings. The molecular formula is C13H17N3O2S. The van der Waals surface area contributed by atoms with Crippen molar-refractivity contribution in [3.05, 3.63) is 17.8 Å². The quantitative estimate of drug-likeness (QED) is 0.909. The molecule has 1 aromatic heterocycles. The Morgan fingerprint density at radius 3 is 2.95 bits per heavy atom. The van der Waals surface area contributed by atoms with Gasteiger partial charge in [0.1, 0.15) is 5.82 Å². The van der Waals surface area contributed by atoms with Crippen LogP contribution >= 0.6 is 11.8 Å². The largest absolute Gasteiger partial charge is 0.382 e. The van der Waals surface area contributed by atoms with Gasteiger partial charge in [-0.25, -0.2) is 4.98 Å². The Bertz CT molecular complexity index is 519. The van der Waals surface area contributed by atoms with E-state index in [1.807, 2.05) is 19.1 Å². The van der Waals surface area contributed by atoms with Gasteiger partial charge in [-0.15, -0.1) is 0 Å². The van der Waals surface area contributed by atoms with Crippen LogP contribution in [0.2, 0.25) is 0 Å². The SMILES string of the molecule is CC(=O)SCC1CC(=O)N(c2ccc(C)nc2N)C1. The first-order chi connectivity index (χ1) is 8.97. The molecule has 6 heteroatoms. The molecule has 19 heavy (non-hydrogen) atoms. The summed E-state index contributed by atoms with van der Waals surface area (Å²) in [6.45, 7) is 4.01. The van der Waals surface area contributed by atoms with Crippen molar-refractivity contribution in [2.75, 3.05) is 22.9 Å². The molecule has 0 aromatic carbocycles. The van der Waals surface area contributed by atoms with Crippen molar-refractivity contribution in [3.8, 4) is 0 Å². The molecular weight excluding hydrogens is 262 g/mol. The molecule has 5 nitrogen and oxygen atoms in total. The molecule has 0 radical (unpaired) electrons.